The number of nitrogens with zero attached hydrogens (tertiary/aromatic N) is 3. The van der Waals surface area contributed by atoms with E-state index < -0.39 is 6.10 Å². The number of benzene rings is 2. The second kappa shape index (κ2) is 8.22. The highest BCUT2D eigenvalue weighted by atomic mass is 16.6. The molecular weight excluding hydrogens is 372 g/mol. The van der Waals surface area contributed by atoms with E-state index >= 15 is 0 Å². The fourth-order valence-electron chi connectivity index (χ4n) is 3.14. The quantitative estimate of drug-likeness (QED) is 0.682. The summed E-state index contributed by atoms with van der Waals surface area (Å²) in [6.07, 6.45) is -0.531. The number of para-hydroxylation sites is 2. The van der Waals surface area contributed by atoms with Crippen LogP contribution in [-0.4, -0.2) is 35.8 Å². The number of aromatic nitrogens is 2. The Kier molecular flexibility index (Phi) is 5.33. The van der Waals surface area contributed by atoms with Crippen molar-refractivity contribution in [1.82, 2.24) is 10.2 Å². The second-order valence-electron chi connectivity index (χ2n) is 6.48. The van der Waals surface area contributed by atoms with Crippen LogP contribution >= 0.6 is 0 Å². The summed E-state index contributed by atoms with van der Waals surface area (Å²) in [6.45, 7) is 6.25. The highest BCUT2D eigenvalue weighted by Gasteiger charge is 2.27. The molecule has 0 bridgehead atoms. The van der Waals surface area contributed by atoms with E-state index in [4.69, 9.17) is 13.9 Å². The van der Waals surface area contributed by atoms with Crippen molar-refractivity contribution in [2.24, 2.45) is 0 Å². The van der Waals surface area contributed by atoms with Gasteiger partial charge in [-0.25, -0.2) is 0 Å². The minimum atomic E-state index is -0.531. The van der Waals surface area contributed by atoms with Gasteiger partial charge in [-0.05, 0) is 50.2 Å². The third kappa shape index (κ3) is 4.01. The van der Waals surface area contributed by atoms with Gasteiger partial charge in [0.05, 0.1) is 0 Å². The Labute approximate surface area is 168 Å². The molecule has 2 aromatic carbocycles. The number of ether oxygens (including phenoxy) is 2. The molecule has 3 aromatic rings. The number of nitrogens with one attached hydrogen (secondary N) is 1. The minimum absolute atomic E-state index is 0.0141. The average molecular weight is 394 g/mol. The molecule has 0 saturated heterocycles. The summed E-state index contributed by atoms with van der Waals surface area (Å²) in [6, 6.07) is 14.8. The Balaban J connectivity index is 1.41. The average Bonchev–Trinajstić information content (AvgIpc) is 3.23. The van der Waals surface area contributed by atoms with E-state index in [0.29, 0.717) is 17.1 Å². The Morgan fingerprint density at radius 2 is 1.79 bits per heavy atom. The van der Waals surface area contributed by atoms with Crippen LogP contribution in [0, 0.1) is 0 Å². The van der Waals surface area contributed by atoms with Gasteiger partial charge in [0.1, 0.15) is 6.61 Å². The van der Waals surface area contributed by atoms with Gasteiger partial charge in [-0.2, -0.15) is 0 Å². The van der Waals surface area contributed by atoms with Gasteiger partial charge in [-0.1, -0.05) is 17.2 Å². The number of hydrogen-bond acceptors (Lipinski definition) is 7. The van der Waals surface area contributed by atoms with Gasteiger partial charge in [0, 0.05) is 24.3 Å². The molecule has 8 heteroatoms. The van der Waals surface area contributed by atoms with Gasteiger partial charge in [-0.3, -0.25) is 10.1 Å². The highest BCUT2D eigenvalue weighted by molar-refractivity contribution is 6.03. The summed E-state index contributed by atoms with van der Waals surface area (Å²) < 4.78 is 17.1. The molecule has 0 radical (unpaired) electrons. The minimum Gasteiger partial charge on any atom is -0.485 e. The number of anilines is 2. The molecule has 1 N–H and O–H groups in total. The fraction of sp³-hybridized carbons (Fsp3) is 0.286. The molecule has 0 spiro atoms. The lowest BCUT2D eigenvalue weighted by atomic mass is 10.2. The monoisotopic (exact) mass is 394 g/mol. The van der Waals surface area contributed by atoms with Crippen LogP contribution in [0.25, 0.3) is 0 Å². The van der Waals surface area contributed by atoms with Gasteiger partial charge in [0.2, 0.25) is 6.10 Å². The second-order valence-corrected chi connectivity index (χ2v) is 6.48. The lowest BCUT2D eigenvalue weighted by molar-refractivity contribution is 0.0716. The van der Waals surface area contributed by atoms with Crippen LogP contribution in [0.2, 0.25) is 0 Å². The molecule has 1 amide bonds. The molecule has 1 aliphatic rings. The molecule has 1 aliphatic heterocycles. The summed E-state index contributed by atoms with van der Waals surface area (Å²) in [7, 11) is 0. The van der Waals surface area contributed by atoms with E-state index in [1.807, 2.05) is 36.4 Å². The fourth-order valence-corrected chi connectivity index (χ4v) is 3.14. The molecule has 1 unspecified atom stereocenters. The summed E-state index contributed by atoms with van der Waals surface area (Å²) in [4.78, 5) is 14.7. The van der Waals surface area contributed by atoms with Crippen LogP contribution in [-0.2, 0) is 0 Å². The first-order valence-electron chi connectivity index (χ1n) is 9.56. The van der Waals surface area contributed by atoms with E-state index in [9.17, 15) is 4.79 Å². The largest absolute Gasteiger partial charge is 0.485 e. The normalized spacial score (nSPS) is 15.0. The van der Waals surface area contributed by atoms with Crippen molar-refractivity contribution >= 4 is 17.6 Å². The molecular formula is C21H22N4O4. The number of fused-ring (bicyclic) bond motifs is 1. The third-order valence-electron chi connectivity index (χ3n) is 4.70. The van der Waals surface area contributed by atoms with Crippen LogP contribution in [0.1, 0.15) is 36.2 Å². The van der Waals surface area contributed by atoms with Crippen LogP contribution in [0.5, 0.6) is 11.5 Å². The number of rotatable bonds is 6. The number of carbonyl (C=O) groups excluding carboxylic acids is 1. The molecule has 8 nitrogen and oxygen atoms in total. The molecule has 0 saturated carbocycles. The molecule has 1 aromatic heterocycles. The number of carbonyl (C=O) groups is 1. The number of amides is 1. The van der Waals surface area contributed by atoms with Crippen molar-refractivity contribution in [1.29, 1.82) is 0 Å². The smallest absolute Gasteiger partial charge is 0.322 e. The highest BCUT2D eigenvalue weighted by Crippen LogP contribution is 2.35. The molecule has 0 aliphatic carbocycles. The van der Waals surface area contributed by atoms with Crippen molar-refractivity contribution < 1.29 is 18.7 Å². The van der Waals surface area contributed by atoms with Gasteiger partial charge >= 0.3 is 6.01 Å². The van der Waals surface area contributed by atoms with Crippen LogP contribution < -0.4 is 19.7 Å². The first-order valence-corrected chi connectivity index (χ1v) is 9.56. The Bertz CT molecular complexity index is 982. The van der Waals surface area contributed by atoms with Crippen LogP contribution in [0.3, 0.4) is 0 Å². The topological polar surface area (TPSA) is 89.7 Å². The Morgan fingerprint density at radius 3 is 2.52 bits per heavy atom. The van der Waals surface area contributed by atoms with E-state index in [1.165, 1.54) is 0 Å². The predicted molar refractivity (Wildman–Crippen MR) is 108 cm³/mol. The van der Waals surface area contributed by atoms with Gasteiger partial charge in [0.25, 0.3) is 11.8 Å². The van der Waals surface area contributed by atoms with E-state index in [1.54, 1.807) is 12.1 Å². The summed E-state index contributed by atoms with van der Waals surface area (Å²) in [5.74, 6) is 1.20. The van der Waals surface area contributed by atoms with Crippen LogP contribution in [0.15, 0.2) is 52.9 Å². The molecule has 150 valence electrons. The predicted octanol–water partition coefficient (Wildman–Crippen LogP) is 3.68. The SMILES string of the molecule is CCN(CC)c1ccc(C(=O)Nc2nnc(C3COc4ccccc4O3)o2)cc1. The van der Waals surface area contributed by atoms with Crippen molar-refractivity contribution in [3.05, 3.63) is 60.0 Å². The lowest BCUT2D eigenvalue weighted by Gasteiger charge is -2.23. The van der Waals surface area contributed by atoms with E-state index in [-0.39, 0.29) is 24.4 Å². The maximum Gasteiger partial charge on any atom is 0.322 e. The molecule has 0 fully saturated rings. The summed E-state index contributed by atoms with van der Waals surface area (Å²) >= 11 is 0. The first-order chi connectivity index (χ1) is 14.2. The van der Waals surface area contributed by atoms with Crippen molar-refractivity contribution in [2.45, 2.75) is 20.0 Å². The van der Waals surface area contributed by atoms with Crippen LogP contribution in [0.4, 0.5) is 11.7 Å². The van der Waals surface area contributed by atoms with Crippen molar-refractivity contribution in [3.63, 3.8) is 0 Å². The Hall–Kier alpha value is -3.55. The standard InChI is InChI=1S/C21H22N4O4/c1-3-25(4-2)15-11-9-14(10-12-15)19(26)22-21-24-23-20(29-21)18-13-27-16-7-5-6-8-17(16)28-18/h5-12,18H,3-4,13H2,1-2H3,(H,22,24,26). The summed E-state index contributed by atoms with van der Waals surface area (Å²) in [5, 5.41) is 10.5. The Morgan fingerprint density at radius 1 is 1.07 bits per heavy atom. The molecule has 29 heavy (non-hydrogen) atoms. The summed E-state index contributed by atoms with van der Waals surface area (Å²) in [5.41, 5.74) is 1.58. The zero-order chi connectivity index (χ0) is 20.2. The van der Waals surface area contributed by atoms with Crippen molar-refractivity contribution in [2.75, 3.05) is 29.9 Å². The lowest BCUT2D eigenvalue weighted by Crippen LogP contribution is -2.22. The zero-order valence-corrected chi connectivity index (χ0v) is 16.3. The number of hydrogen-bond donors (Lipinski definition) is 1. The van der Waals surface area contributed by atoms with E-state index in [0.717, 1.165) is 18.8 Å². The maximum absolute atomic E-state index is 12.5. The third-order valence-corrected chi connectivity index (χ3v) is 4.70. The molecule has 1 atom stereocenters. The van der Waals surface area contributed by atoms with E-state index in [2.05, 4.69) is 34.3 Å². The molecule has 2 heterocycles. The maximum atomic E-state index is 12.5. The molecule has 4 rings (SSSR count). The van der Waals surface area contributed by atoms with Gasteiger partial charge in [-0.15, -0.1) is 5.10 Å². The zero-order valence-electron chi connectivity index (χ0n) is 16.3. The van der Waals surface area contributed by atoms with Gasteiger partial charge in [0.15, 0.2) is 11.5 Å². The van der Waals surface area contributed by atoms with Crippen molar-refractivity contribution in [3.8, 4) is 11.5 Å². The van der Waals surface area contributed by atoms with Gasteiger partial charge < -0.3 is 18.8 Å². The first kappa shape index (κ1) is 18.8.